The molecular formula is C22H26O10S2. The van der Waals surface area contributed by atoms with E-state index in [1.165, 1.54) is 62.4 Å². The van der Waals surface area contributed by atoms with Gasteiger partial charge in [0.05, 0.1) is 23.0 Å². The predicted octanol–water partition coefficient (Wildman–Crippen LogP) is 2.28. The first-order valence-corrected chi connectivity index (χ1v) is 13.1. The molecule has 2 atom stereocenters. The molecule has 0 saturated heterocycles. The summed E-state index contributed by atoms with van der Waals surface area (Å²) in [6.07, 6.45) is -4.60. The Hall–Kier alpha value is -2.80. The Balaban J connectivity index is 2.51. The summed E-state index contributed by atoms with van der Waals surface area (Å²) in [7, 11) is -9.28. The Kier molecular flexibility index (Phi) is 9.33. The highest BCUT2D eigenvalue weighted by Crippen LogP contribution is 2.23. The van der Waals surface area contributed by atoms with Crippen LogP contribution in [-0.2, 0) is 47.7 Å². The predicted molar refractivity (Wildman–Crippen MR) is 120 cm³/mol. The van der Waals surface area contributed by atoms with Crippen LogP contribution in [0.15, 0.2) is 58.3 Å². The van der Waals surface area contributed by atoms with Gasteiger partial charge in [0, 0.05) is 0 Å². The Morgan fingerprint density at radius 3 is 1.21 bits per heavy atom. The third-order valence-corrected chi connectivity index (χ3v) is 7.01. The smallest absolute Gasteiger partial charge is 0.340 e. The summed E-state index contributed by atoms with van der Waals surface area (Å²) in [6.45, 7) is 5.94. The lowest BCUT2D eigenvalue weighted by atomic mass is 10.2. The summed E-state index contributed by atoms with van der Waals surface area (Å²) in [4.78, 5) is 24.6. The van der Waals surface area contributed by atoms with Gasteiger partial charge in [-0.2, -0.15) is 16.8 Å². The molecule has 0 bridgehead atoms. The Labute approximate surface area is 199 Å². The van der Waals surface area contributed by atoms with Crippen molar-refractivity contribution in [2.75, 3.05) is 13.2 Å². The number of benzene rings is 2. The summed E-state index contributed by atoms with van der Waals surface area (Å²) < 4.78 is 71.0. The maximum Gasteiger partial charge on any atom is 0.340 e. The van der Waals surface area contributed by atoms with E-state index in [-0.39, 0.29) is 23.0 Å². The minimum atomic E-state index is -4.64. The monoisotopic (exact) mass is 514 g/mol. The first kappa shape index (κ1) is 27.4. The Morgan fingerprint density at radius 1 is 0.647 bits per heavy atom. The number of carbonyl (C=O) groups is 2. The number of hydrogen-bond donors (Lipinski definition) is 0. The molecule has 0 amide bonds. The second kappa shape index (κ2) is 11.6. The van der Waals surface area contributed by atoms with Gasteiger partial charge in [-0.25, -0.2) is 18.0 Å². The van der Waals surface area contributed by atoms with Gasteiger partial charge in [-0.1, -0.05) is 35.4 Å². The second-order valence-corrected chi connectivity index (χ2v) is 10.2. The summed E-state index contributed by atoms with van der Waals surface area (Å²) in [6, 6.07) is 10.9. The van der Waals surface area contributed by atoms with Crippen molar-refractivity contribution in [1.29, 1.82) is 0 Å². The van der Waals surface area contributed by atoms with Crippen molar-refractivity contribution in [3.63, 3.8) is 0 Å². The van der Waals surface area contributed by atoms with E-state index >= 15 is 0 Å². The van der Waals surface area contributed by atoms with Crippen molar-refractivity contribution in [3.05, 3.63) is 59.7 Å². The molecule has 0 saturated carbocycles. The maximum absolute atomic E-state index is 12.8. The van der Waals surface area contributed by atoms with Crippen molar-refractivity contribution in [1.82, 2.24) is 0 Å². The van der Waals surface area contributed by atoms with E-state index in [1.54, 1.807) is 13.8 Å². The molecule has 0 radical (unpaired) electrons. The number of ether oxygens (including phenoxy) is 2. The molecule has 12 heteroatoms. The fourth-order valence-corrected chi connectivity index (χ4v) is 4.74. The molecule has 2 aromatic rings. The van der Waals surface area contributed by atoms with E-state index in [1.807, 2.05) is 0 Å². The van der Waals surface area contributed by atoms with Crippen LogP contribution in [0.4, 0.5) is 0 Å². The van der Waals surface area contributed by atoms with Crippen molar-refractivity contribution in [2.24, 2.45) is 0 Å². The quantitative estimate of drug-likeness (QED) is 0.324. The molecule has 0 fully saturated rings. The van der Waals surface area contributed by atoms with Crippen LogP contribution in [0.2, 0.25) is 0 Å². The van der Waals surface area contributed by atoms with Gasteiger partial charge in [-0.3, -0.25) is 0 Å². The maximum atomic E-state index is 12.8. The molecule has 186 valence electrons. The van der Waals surface area contributed by atoms with Crippen LogP contribution in [0.1, 0.15) is 25.0 Å². The Bertz CT molecular complexity index is 1100. The molecule has 0 N–H and O–H groups in total. The number of hydrogen-bond acceptors (Lipinski definition) is 10. The zero-order valence-corrected chi connectivity index (χ0v) is 20.7. The van der Waals surface area contributed by atoms with Gasteiger partial charge in [0.2, 0.25) is 12.2 Å². The van der Waals surface area contributed by atoms with E-state index in [0.29, 0.717) is 0 Å². The van der Waals surface area contributed by atoms with Crippen LogP contribution >= 0.6 is 0 Å². The van der Waals surface area contributed by atoms with Gasteiger partial charge in [-0.05, 0) is 52.0 Å². The molecule has 2 rings (SSSR count). The van der Waals surface area contributed by atoms with Crippen LogP contribution in [0, 0.1) is 13.8 Å². The lowest BCUT2D eigenvalue weighted by Gasteiger charge is -2.23. The molecule has 0 heterocycles. The van der Waals surface area contributed by atoms with Gasteiger partial charge < -0.3 is 9.47 Å². The summed E-state index contributed by atoms with van der Waals surface area (Å²) >= 11 is 0. The zero-order chi connectivity index (χ0) is 25.5. The number of aryl methyl sites for hydroxylation is 2. The molecule has 10 nitrogen and oxygen atoms in total. The highest BCUT2D eigenvalue weighted by Gasteiger charge is 2.45. The lowest BCUT2D eigenvalue weighted by molar-refractivity contribution is -0.168. The van der Waals surface area contributed by atoms with Crippen LogP contribution in [-0.4, -0.2) is 54.2 Å². The standard InChI is InChI=1S/C22H26O10S2/c1-5-29-21(23)19(31-33(25,26)17-11-7-15(3)8-12-17)20(22(24)30-6-2)32-34(27,28)18-13-9-16(4)10-14-18/h7-14,19-20H,5-6H2,1-4H3. The highest BCUT2D eigenvalue weighted by molar-refractivity contribution is 7.87. The molecule has 0 aromatic heterocycles. The largest absolute Gasteiger partial charge is 0.464 e. The topological polar surface area (TPSA) is 139 Å². The SMILES string of the molecule is CCOC(=O)C(OS(=O)(=O)c1ccc(C)cc1)C(OS(=O)(=O)c1ccc(C)cc1)C(=O)OCC. The summed E-state index contributed by atoms with van der Waals surface area (Å²) in [5.41, 5.74) is 1.52. The minimum Gasteiger partial charge on any atom is -0.464 e. The number of esters is 2. The average Bonchev–Trinajstić information content (AvgIpc) is 2.77. The number of rotatable bonds is 11. The van der Waals surface area contributed by atoms with Gasteiger partial charge in [0.25, 0.3) is 20.2 Å². The molecule has 0 spiro atoms. The van der Waals surface area contributed by atoms with Crippen molar-refractivity contribution in [3.8, 4) is 0 Å². The van der Waals surface area contributed by atoms with Crippen molar-refractivity contribution >= 4 is 32.2 Å². The molecular weight excluding hydrogens is 488 g/mol. The zero-order valence-electron chi connectivity index (χ0n) is 19.1. The van der Waals surface area contributed by atoms with E-state index in [0.717, 1.165) is 11.1 Å². The third-order valence-electron chi connectivity index (χ3n) is 4.39. The van der Waals surface area contributed by atoms with Crippen LogP contribution < -0.4 is 0 Å². The first-order valence-electron chi connectivity index (χ1n) is 10.2. The van der Waals surface area contributed by atoms with Crippen LogP contribution in [0.25, 0.3) is 0 Å². The fraction of sp³-hybridized carbons (Fsp3) is 0.364. The van der Waals surface area contributed by atoms with Crippen molar-refractivity contribution < 1.29 is 44.3 Å². The third kappa shape index (κ3) is 7.10. The van der Waals surface area contributed by atoms with Gasteiger partial charge >= 0.3 is 11.9 Å². The highest BCUT2D eigenvalue weighted by atomic mass is 32.2. The van der Waals surface area contributed by atoms with E-state index in [2.05, 4.69) is 0 Å². The van der Waals surface area contributed by atoms with Crippen LogP contribution in [0.5, 0.6) is 0 Å². The summed E-state index contributed by atoms with van der Waals surface area (Å²) in [5.74, 6) is -2.65. The van der Waals surface area contributed by atoms with E-state index in [4.69, 9.17) is 17.8 Å². The lowest BCUT2D eigenvalue weighted by Crippen LogP contribution is -2.47. The molecule has 0 aliphatic carbocycles. The Morgan fingerprint density at radius 2 is 0.941 bits per heavy atom. The van der Waals surface area contributed by atoms with E-state index in [9.17, 15) is 26.4 Å². The van der Waals surface area contributed by atoms with Gasteiger partial charge in [0.1, 0.15) is 0 Å². The van der Waals surface area contributed by atoms with E-state index < -0.39 is 44.4 Å². The first-order chi connectivity index (χ1) is 15.9. The van der Waals surface area contributed by atoms with Gasteiger partial charge in [0.15, 0.2) is 0 Å². The molecule has 2 aromatic carbocycles. The van der Waals surface area contributed by atoms with Crippen LogP contribution in [0.3, 0.4) is 0 Å². The fourth-order valence-electron chi connectivity index (χ4n) is 2.67. The van der Waals surface area contributed by atoms with Gasteiger partial charge in [-0.15, -0.1) is 0 Å². The molecule has 0 aliphatic heterocycles. The normalized spacial score (nSPS) is 13.6. The average molecular weight is 515 g/mol. The summed E-state index contributed by atoms with van der Waals surface area (Å²) in [5, 5.41) is 0. The minimum absolute atomic E-state index is 0.205. The molecule has 2 unspecified atom stereocenters. The molecule has 0 aliphatic rings. The second-order valence-electron chi connectivity index (χ2n) is 7.07. The molecule has 34 heavy (non-hydrogen) atoms. The van der Waals surface area contributed by atoms with Crippen molar-refractivity contribution in [2.45, 2.75) is 49.7 Å². The number of carbonyl (C=O) groups excluding carboxylic acids is 2.